The Bertz CT molecular complexity index is 702. The Balaban J connectivity index is 0.00000480. The van der Waals surface area contributed by atoms with E-state index in [0.29, 0.717) is 38.3 Å². The van der Waals surface area contributed by atoms with Crippen molar-refractivity contribution in [3.8, 4) is 0 Å². The molecule has 1 heterocycles. The number of halogens is 5. The van der Waals surface area contributed by atoms with Gasteiger partial charge < -0.3 is 15.0 Å². The zero-order valence-electron chi connectivity index (χ0n) is 18.3. The molecule has 178 valence electrons. The second-order valence-corrected chi connectivity index (χ2v) is 7.57. The molecule has 1 aromatic rings. The number of alkyl halides is 3. The molecule has 5 nitrogen and oxygen atoms in total. The van der Waals surface area contributed by atoms with Gasteiger partial charge in [0.1, 0.15) is 5.82 Å². The third-order valence-electron chi connectivity index (χ3n) is 5.11. The lowest BCUT2D eigenvalue weighted by atomic mass is 10.1. The summed E-state index contributed by atoms with van der Waals surface area (Å²) in [7, 11) is 1.52. The third-order valence-corrected chi connectivity index (χ3v) is 5.11. The van der Waals surface area contributed by atoms with Crippen molar-refractivity contribution >= 4 is 29.9 Å². The molecule has 31 heavy (non-hydrogen) atoms. The first-order valence-electron chi connectivity index (χ1n) is 10.3. The second-order valence-electron chi connectivity index (χ2n) is 7.57. The van der Waals surface area contributed by atoms with Crippen LogP contribution >= 0.6 is 24.0 Å². The van der Waals surface area contributed by atoms with Gasteiger partial charge >= 0.3 is 6.18 Å². The predicted octanol–water partition coefficient (Wildman–Crippen LogP) is 4.26. The summed E-state index contributed by atoms with van der Waals surface area (Å²) in [6.07, 6.45) is -3.35. The number of aliphatic imine (C=N–C) groups is 1. The number of guanidine groups is 1. The molecule has 0 spiro atoms. The smallest absolute Gasteiger partial charge is 0.380 e. The van der Waals surface area contributed by atoms with E-state index in [0.717, 1.165) is 24.5 Å². The highest BCUT2D eigenvalue weighted by molar-refractivity contribution is 14.0. The number of methoxy groups -OCH3 is 1. The number of hydrogen-bond donors (Lipinski definition) is 1. The van der Waals surface area contributed by atoms with Gasteiger partial charge in [0.25, 0.3) is 0 Å². The van der Waals surface area contributed by atoms with Crippen LogP contribution in [0.3, 0.4) is 0 Å². The quantitative estimate of drug-likeness (QED) is 0.212. The van der Waals surface area contributed by atoms with Crippen LogP contribution in [0.25, 0.3) is 0 Å². The minimum Gasteiger partial charge on any atom is -0.380 e. The van der Waals surface area contributed by atoms with Crippen LogP contribution < -0.4 is 5.32 Å². The number of likely N-dealkylation sites (tertiary alicyclic amines) is 1. The molecule has 1 fully saturated rings. The molecular formula is C21H33F4IN4O. The number of rotatable bonds is 9. The number of ether oxygens (including phenoxy) is 1. The van der Waals surface area contributed by atoms with Crippen LogP contribution in [0.1, 0.15) is 31.4 Å². The Morgan fingerprint density at radius 3 is 2.68 bits per heavy atom. The lowest BCUT2D eigenvalue weighted by Crippen LogP contribution is -2.41. The van der Waals surface area contributed by atoms with Gasteiger partial charge in [0.2, 0.25) is 0 Å². The van der Waals surface area contributed by atoms with E-state index >= 15 is 0 Å². The van der Waals surface area contributed by atoms with Gasteiger partial charge in [-0.1, -0.05) is 13.0 Å². The molecule has 0 radical (unpaired) electrons. The highest BCUT2D eigenvalue weighted by Crippen LogP contribution is 2.22. The Morgan fingerprint density at radius 1 is 1.32 bits per heavy atom. The Labute approximate surface area is 199 Å². The highest BCUT2D eigenvalue weighted by Gasteiger charge is 2.33. The van der Waals surface area contributed by atoms with E-state index in [1.807, 2.05) is 6.92 Å². The fourth-order valence-corrected chi connectivity index (χ4v) is 3.68. The van der Waals surface area contributed by atoms with E-state index in [4.69, 9.17) is 4.74 Å². The van der Waals surface area contributed by atoms with Crippen molar-refractivity contribution in [3.63, 3.8) is 0 Å². The van der Waals surface area contributed by atoms with Crippen LogP contribution in [-0.4, -0.2) is 68.3 Å². The molecule has 1 aromatic carbocycles. The summed E-state index contributed by atoms with van der Waals surface area (Å²) < 4.78 is 57.0. The summed E-state index contributed by atoms with van der Waals surface area (Å²) in [4.78, 5) is 8.21. The van der Waals surface area contributed by atoms with Gasteiger partial charge in [-0.2, -0.15) is 13.2 Å². The standard InChI is InChI=1S/C21H32F4N4O.HI/c1-4-26-20(27-11-16-6-7-19(22)18(10-16)14-30-3)29-9-8-17(13-29)12-28(5-2)15-21(23,24)25;/h6-7,10,17H,4-5,8-9,11-15H2,1-3H3,(H,26,27);1H. The van der Waals surface area contributed by atoms with E-state index in [2.05, 4.69) is 15.2 Å². The zero-order chi connectivity index (χ0) is 22.1. The first-order valence-corrected chi connectivity index (χ1v) is 10.3. The maximum atomic E-state index is 13.8. The van der Waals surface area contributed by atoms with E-state index in [-0.39, 0.29) is 42.3 Å². The molecule has 10 heteroatoms. The lowest BCUT2D eigenvalue weighted by Gasteiger charge is -2.26. The minimum atomic E-state index is -4.18. The van der Waals surface area contributed by atoms with E-state index in [1.54, 1.807) is 19.1 Å². The topological polar surface area (TPSA) is 40.1 Å². The number of benzene rings is 1. The monoisotopic (exact) mass is 560 g/mol. The maximum Gasteiger partial charge on any atom is 0.401 e. The van der Waals surface area contributed by atoms with Crippen molar-refractivity contribution < 1.29 is 22.3 Å². The van der Waals surface area contributed by atoms with Crippen LogP contribution in [0.15, 0.2) is 23.2 Å². The van der Waals surface area contributed by atoms with Gasteiger partial charge in [-0.3, -0.25) is 4.90 Å². The van der Waals surface area contributed by atoms with Crippen LogP contribution in [0, 0.1) is 11.7 Å². The first-order chi connectivity index (χ1) is 14.3. The molecule has 1 N–H and O–H groups in total. The van der Waals surface area contributed by atoms with Crippen LogP contribution in [-0.2, 0) is 17.9 Å². The molecule has 0 aromatic heterocycles. The van der Waals surface area contributed by atoms with Gasteiger partial charge in [0.05, 0.1) is 19.7 Å². The third kappa shape index (κ3) is 9.48. The van der Waals surface area contributed by atoms with E-state index in [9.17, 15) is 17.6 Å². The van der Waals surface area contributed by atoms with Crippen molar-refractivity contribution in [1.82, 2.24) is 15.1 Å². The van der Waals surface area contributed by atoms with Gasteiger partial charge in [0.15, 0.2) is 5.96 Å². The van der Waals surface area contributed by atoms with Crippen LogP contribution in [0.4, 0.5) is 17.6 Å². The van der Waals surface area contributed by atoms with Crippen LogP contribution in [0.5, 0.6) is 0 Å². The van der Waals surface area contributed by atoms with E-state index in [1.165, 1.54) is 18.1 Å². The van der Waals surface area contributed by atoms with Crippen molar-refractivity contribution in [2.45, 2.75) is 39.6 Å². The van der Waals surface area contributed by atoms with Crippen molar-refractivity contribution in [2.75, 3.05) is 46.4 Å². The van der Waals surface area contributed by atoms with Gasteiger partial charge in [0, 0.05) is 38.9 Å². The molecule has 0 aliphatic carbocycles. The lowest BCUT2D eigenvalue weighted by molar-refractivity contribution is -0.146. The average molecular weight is 560 g/mol. The van der Waals surface area contributed by atoms with Gasteiger partial charge in [-0.15, -0.1) is 24.0 Å². The molecule has 1 aliphatic heterocycles. The molecule has 0 amide bonds. The van der Waals surface area contributed by atoms with Gasteiger partial charge in [-0.05, 0) is 43.5 Å². The summed E-state index contributed by atoms with van der Waals surface area (Å²) in [5.41, 5.74) is 1.36. The fraction of sp³-hybridized carbons (Fsp3) is 0.667. The molecule has 1 atom stereocenters. The SMILES string of the molecule is CCNC(=NCc1ccc(F)c(COC)c1)N1CCC(CN(CC)CC(F)(F)F)C1.I. The largest absolute Gasteiger partial charge is 0.401 e. The van der Waals surface area contributed by atoms with E-state index < -0.39 is 12.7 Å². The Kier molecular flexibility index (Phi) is 12.1. The number of hydrogen-bond acceptors (Lipinski definition) is 3. The summed E-state index contributed by atoms with van der Waals surface area (Å²) in [6, 6.07) is 4.86. The normalized spacial score (nSPS) is 17.2. The highest BCUT2D eigenvalue weighted by atomic mass is 127. The first kappa shape index (κ1) is 27.9. The summed E-state index contributed by atoms with van der Waals surface area (Å²) >= 11 is 0. The van der Waals surface area contributed by atoms with Crippen LogP contribution in [0.2, 0.25) is 0 Å². The number of nitrogens with zero attached hydrogens (tertiary/aromatic N) is 3. The fourth-order valence-electron chi connectivity index (χ4n) is 3.68. The second kappa shape index (κ2) is 13.4. The average Bonchev–Trinajstić information content (AvgIpc) is 3.14. The summed E-state index contributed by atoms with van der Waals surface area (Å²) in [6.45, 7) is 6.33. The Morgan fingerprint density at radius 2 is 2.06 bits per heavy atom. The van der Waals surface area contributed by atoms with Crippen molar-refractivity contribution in [2.24, 2.45) is 10.9 Å². The molecule has 1 unspecified atom stereocenters. The zero-order valence-corrected chi connectivity index (χ0v) is 20.7. The summed E-state index contributed by atoms with van der Waals surface area (Å²) in [5.74, 6) is 0.588. The molecular weight excluding hydrogens is 527 g/mol. The predicted molar refractivity (Wildman–Crippen MR) is 125 cm³/mol. The van der Waals surface area contributed by atoms with Crippen molar-refractivity contribution in [3.05, 3.63) is 35.1 Å². The molecule has 1 saturated heterocycles. The minimum absolute atomic E-state index is 0. The Hall–Kier alpha value is -1.14. The molecule has 0 saturated carbocycles. The maximum absolute atomic E-state index is 13.8. The summed E-state index contributed by atoms with van der Waals surface area (Å²) in [5, 5.41) is 3.26. The molecule has 0 bridgehead atoms. The molecule has 2 rings (SSSR count). The van der Waals surface area contributed by atoms with Gasteiger partial charge in [-0.25, -0.2) is 9.38 Å². The van der Waals surface area contributed by atoms with Crippen molar-refractivity contribution in [1.29, 1.82) is 0 Å². The number of nitrogens with one attached hydrogen (secondary N) is 1. The molecule has 1 aliphatic rings.